The predicted octanol–water partition coefficient (Wildman–Crippen LogP) is 9.50. The van der Waals surface area contributed by atoms with E-state index < -0.39 is 82.5 Å². The van der Waals surface area contributed by atoms with Crippen LogP contribution in [0.5, 0.6) is 0 Å². The van der Waals surface area contributed by atoms with E-state index in [1.54, 1.807) is 30.3 Å². The number of fused-ring (bicyclic) bond motifs is 1. The number of piperidine rings is 1. The van der Waals surface area contributed by atoms with Crippen LogP contribution in [0.4, 0.5) is 24.5 Å². The third-order valence-corrected chi connectivity index (χ3v) is 21.4. The summed E-state index contributed by atoms with van der Waals surface area (Å²) in [7, 11) is -11.1. The van der Waals surface area contributed by atoms with Crippen molar-refractivity contribution in [2.24, 2.45) is 5.41 Å². The average molecular weight is 1270 g/mol. The first-order valence-electron chi connectivity index (χ1n) is 29.1. The molecule has 5 amide bonds. The number of allylic oxidation sites excluding steroid dienone is 1. The van der Waals surface area contributed by atoms with Crippen molar-refractivity contribution >= 4 is 89.7 Å². The molecule has 0 aromatic heterocycles. The minimum absolute atomic E-state index is 0.00479. The Hall–Kier alpha value is -6.60. The summed E-state index contributed by atoms with van der Waals surface area (Å²) in [6.45, 7) is 14.5. The number of thioether (sulfide) groups is 1. The normalized spacial score (nSPS) is 21.2. The van der Waals surface area contributed by atoms with Crippen molar-refractivity contribution in [2.75, 3.05) is 68.3 Å². The molecule has 4 atom stereocenters. The fraction of sp³-hybridized carbons (Fsp3) is 0.413. The van der Waals surface area contributed by atoms with Crippen LogP contribution >= 0.6 is 23.4 Å². The van der Waals surface area contributed by atoms with Gasteiger partial charge in [-0.05, 0) is 147 Å². The molecule has 10 rings (SSSR count). The van der Waals surface area contributed by atoms with Crippen molar-refractivity contribution in [1.82, 2.24) is 29.6 Å². The third-order valence-electron chi connectivity index (χ3n) is 17.1. The number of hydrogen-bond donors (Lipinski definition) is 3. The number of anilines is 2. The molecule has 3 N–H and O–H groups in total. The number of halogens is 4. The summed E-state index contributed by atoms with van der Waals surface area (Å²) in [5.74, 6) is -3.14. The molecule has 87 heavy (non-hydrogen) atoms. The van der Waals surface area contributed by atoms with Gasteiger partial charge in [-0.1, -0.05) is 67.4 Å². The monoisotopic (exact) mass is 1270 g/mol. The molecular weight excluding hydrogens is 1200 g/mol. The Morgan fingerprint density at radius 3 is 2.14 bits per heavy atom. The number of hydrogen-bond acceptors (Lipinski definition) is 15. The van der Waals surface area contributed by atoms with Crippen molar-refractivity contribution < 1.29 is 54.0 Å². The van der Waals surface area contributed by atoms with Gasteiger partial charge in [0.15, 0.2) is 0 Å². The topological polar surface area (TPSA) is 206 Å². The van der Waals surface area contributed by atoms with E-state index in [0.717, 1.165) is 72.1 Å². The predicted molar refractivity (Wildman–Crippen MR) is 329 cm³/mol. The van der Waals surface area contributed by atoms with Crippen molar-refractivity contribution in [2.45, 2.75) is 117 Å². The number of rotatable bonds is 19. The van der Waals surface area contributed by atoms with E-state index in [1.807, 2.05) is 61.0 Å². The van der Waals surface area contributed by atoms with Crippen molar-refractivity contribution in [1.29, 1.82) is 0 Å². The molecule has 1 aliphatic carbocycles. The lowest BCUT2D eigenvalue weighted by atomic mass is 9.73. The van der Waals surface area contributed by atoms with Gasteiger partial charge in [-0.25, -0.2) is 21.6 Å². The lowest BCUT2D eigenvalue weighted by Gasteiger charge is -2.45. The fourth-order valence-electron chi connectivity index (χ4n) is 12.5. The highest BCUT2D eigenvalue weighted by atomic mass is 35.5. The smallest absolute Gasteiger partial charge is 0.380 e. The molecule has 0 bridgehead atoms. The maximum atomic E-state index is 14.6. The Kier molecular flexibility index (Phi) is 18.8. The molecule has 462 valence electrons. The molecule has 4 aliphatic heterocycles. The lowest BCUT2D eigenvalue weighted by molar-refractivity contribution is -0.136. The van der Waals surface area contributed by atoms with E-state index in [2.05, 4.69) is 56.2 Å². The van der Waals surface area contributed by atoms with Gasteiger partial charge in [0.2, 0.25) is 11.8 Å². The second-order valence-corrected chi connectivity index (χ2v) is 29.1. The number of amides is 5. The van der Waals surface area contributed by atoms with Crippen molar-refractivity contribution in [3.8, 4) is 0 Å². The molecule has 17 nitrogen and oxygen atoms in total. The van der Waals surface area contributed by atoms with E-state index in [-0.39, 0.29) is 52.8 Å². The number of carbonyl (C=O) groups excluding carboxylic acids is 5. The van der Waals surface area contributed by atoms with Gasteiger partial charge in [-0.2, -0.15) is 13.2 Å². The van der Waals surface area contributed by atoms with Gasteiger partial charge in [-0.3, -0.25) is 48.9 Å². The number of imide groups is 2. The Morgan fingerprint density at radius 2 is 1.47 bits per heavy atom. The Morgan fingerprint density at radius 1 is 0.793 bits per heavy atom. The molecule has 0 spiro atoms. The second-order valence-electron chi connectivity index (χ2n) is 24.0. The number of benzene rings is 5. The fourth-order valence-corrected chi connectivity index (χ4v) is 15.7. The van der Waals surface area contributed by atoms with Gasteiger partial charge in [0.05, 0.1) is 21.7 Å². The van der Waals surface area contributed by atoms with Crippen LogP contribution in [-0.4, -0.2) is 154 Å². The number of nitrogens with one attached hydrogen (secondary N) is 3. The maximum Gasteiger partial charge on any atom is 0.501 e. The van der Waals surface area contributed by atoms with Crippen LogP contribution in [0.3, 0.4) is 0 Å². The summed E-state index contributed by atoms with van der Waals surface area (Å²) in [5, 5.41) is 5.95. The maximum absolute atomic E-state index is 14.6. The van der Waals surface area contributed by atoms with Gasteiger partial charge >= 0.3 is 5.51 Å². The third kappa shape index (κ3) is 14.5. The Bertz CT molecular complexity index is 3710. The summed E-state index contributed by atoms with van der Waals surface area (Å²) in [5.41, 5.74) is -0.182. The highest BCUT2D eigenvalue weighted by molar-refractivity contribution is 7.99. The average Bonchev–Trinajstić information content (AvgIpc) is 1.90. The second kappa shape index (κ2) is 25.9. The molecule has 24 heteroatoms. The molecule has 3 saturated heterocycles. The zero-order chi connectivity index (χ0) is 62.2. The van der Waals surface area contributed by atoms with Crippen LogP contribution in [0.25, 0.3) is 5.57 Å². The first kappa shape index (κ1) is 63.4. The van der Waals surface area contributed by atoms with Crippen LogP contribution < -0.4 is 20.3 Å². The SMILES string of the molecule is CC1CN(Cc2ccc3c(c2)C(=O)N(C2CCC(=O)NC2=O)C3=O)CC(C)N1CC[C@H](CSc1ccccc1)Nc1ccc(S(=O)(=O)NC(=O)c2ccc(N3CCN(CC4=C(c5ccc(Cl)cc5)CCC(C)(C)C4)CC3)cc2)cc1S(=O)(=O)C(F)(F)F. The number of sulfone groups is 1. The number of carbonyl (C=O) groups is 5. The van der Waals surface area contributed by atoms with E-state index in [4.69, 9.17) is 11.6 Å². The number of alkyl halides is 3. The summed E-state index contributed by atoms with van der Waals surface area (Å²) >= 11 is 7.62. The molecular formula is C63H70ClF3N8O9S3. The van der Waals surface area contributed by atoms with Gasteiger partial charge in [0.25, 0.3) is 37.6 Å². The Balaban J connectivity index is 0.788. The van der Waals surface area contributed by atoms with Gasteiger partial charge in [-0.15, -0.1) is 11.8 Å². The minimum atomic E-state index is -6.18. The summed E-state index contributed by atoms with van der Waals surface area (Å²) in [4.78, 5) is 73.5. The quantitative estimate of drug-likeness (QED) is 0.0520. The largest absolute Gasteiger partial charge is 0.501 e. The molecule has 5 aliphatic rings. The summed E-state index contributed by atoms with van der Waals surface area (Å²) in [6.07, 6.45) is 3.46. The zero-order valence-electron chi connectivity index (χ0n) is 48.7. The van der Waals surface area contributed by atoms with E-state index in [1.165, 1.54) is 40.6 Å². The molecule has 0 radical (unpaired) electrons. The van der Waals surface area contributed by atoms with Crippen molar-refractivity contribution in [3.05, 3.63) is 154 Å². The van der Waals surface area contributed by atoms with Gasteiger partial charge < -0.3 is 10.2 Å². The molecule has 3 unspecified atom stereocenters. The van der Waals surface area contributed by atoms with Gasteiger partial charge in [0, 0.05) is 110 Å². The molecule has 5 aromatic carbocycles. The summed E-state index contributed by atoms with van der Waals surface area (Å²) < 4.78 is 100. The number of nitrogens with zero attached hydrogens (tertiary/aromatic N) is 5. The molecule has 3 fully saturated rings. The highest BCUT2D eigenvalue weighted by Crippen LogP contribution is 2.43. The van der Waals surface area contributed by atoms with Crippen LogP contribution in [0.15, 0.2) is 136 Å². The molecule has 0 saturated carbocycles. The lowest BCUT2D eigenvalue weighted by Crippen LogP contribution is -2.56. The zero-order valence-corrected chi connectivity index (χ0v) is 51.9. The van der Waals surface area contributed by atoms with Gasteiger partial charge in [0.1, 0.15) is 10.9 Å². The first-order valence-corrected chi connectivity index (χ1v) is 33.4. The van der Waals surface area contributed by atoms with E-state index >= 15 is 0 Å². The number of piperazine rings is 2. The van der Waals surface area contributed by atoms with Crippen LogP contribution in [0, 0.1) is 5.41 Å². The highest BCUT2D eigenvalue weighted by Gasteiger charge is 2.49. The molecule has 4 heterocycles. The van der Waals surface area contributed by atoms with E-state index in [0.29, 0.717) is 56.8 Å². The van der Waals surface area contributed by atoms with Crippen LogP contribution in [0.1, 0.15) is 108 Å². The standard InChI is InChI=1S/C63H70ClF3N8O9S3/c1-40-35-72(37-42-10-20-52-53(32-42)61(80)75(60(52)79)55-22-23-57(76)69-59(55)78)36-41(2)74(40)27-25-47(39-85-49-8-6-5-7-9-49)68-54-21-19-50(33-56(54)86(81,82)63(65,66)67)87(83,84)70-58(77)44-13-17-48(18-14-44)73-30-28-71(29-31-73)38-45-34-62(3,4)26-24-51(45)43-11-15-46(64)16-12-43/h5-21,32-33,40-41,47,55,68H,22-31,34-39H2,1-4H3,(H,70,77)(H,69,76,78)/t40?,41?,47-,55?/m1/s1. The summed E-state index contributed by atoms with van der Waals surface area (Å²) in [6, 6.07) is 29.2. The van der Waals surface area contributed by atoms with Crippen molar-refractivity contribution in [3.63, 3.8) is 0 Å². The Labute approximate surface area is 515 Å². The minimum Gasteiger partial charge on any atom is -0.380 e. The van der Waals surface area contributed by atoms with Crippen LogP contribution in [-0.2, 0) is 36.0 Å². The molecule has 5 aromatic rings. The van der Waals surface area contributed by atoms with E-state index in [9.17, 15) is 54.0 Å². The van der Waals surface area contributed by atoms with Crippen LogP contribution in [0.2, 0.25) is 5.02 Å². The first-order chi connectivity index (χ1) is 41.2. The number of sulfonamides is 1.